The molecule has 100 valence electrons. The highest BCUT2D eigenvalue weighted by Gasteiger charge is 2.17. The van der Waals surface area contributed by atoms with Crippen molar-refractivity contribution in [3.05, 3.63) is 18.5 Å². The first kappa shape index (κ1) is 12.3. The van der Waals surface area contributed by atoms with E-state index in [1.54, 1.807) is 12.4 Å². The Balaban J connectivity index is 1.75. The molecule has 1 aliphatic rings. The highest BCUT2D eigenvalue weighted by Crippen LogP contribution is 2.26. The van der Waals surface area contributed by atoms with Crippen molar-refractivity contribution < 1.29 is 9.47 Å². The first-order valence-corrected chi connectivity index (χ1v) is 6.92. The second kappa shape index (κ2) is 5.50. The third-order valence-corrected chi connectivity index (χ3v) is 3.65. The molecule has 0 spiro atoms. The molecule has 0 amide bonds. The lowest BCUT2D eigenvalue weighted by molar-refractivity contribution is 0.00342. The Morgan fingerprint density at radius 3 is 3.11 bits per heavy atom. The molecule has 2 N–H and O–H groups in total. The van der Waals surface area contributed by atoms with Crippen molar-refractivity contribution in [1.82, 2.24) is 15.0 Å². The predicted molar refractivity (Wildman–Crippen MR) is 72.0 cm³/mol. The van der Waals surface area contributed by atoms with Crippen LogP contribution in [0, 0.1) is 0 Å². The molecule has 0 aliphatic carbocycles. The van der Waals surface area contributed by atoms with E-state index in [2.05, 4.69) is 15.0 Å². The SMILES string of the molecule is Nc1ncc(-c2ccnc(O[C@@H]3CCCOC3)n2)s1. The number of rotatable bonds is 3. The summed E-state index contributed by atoms with van der Waals surface area (Å²) in [6.45, 7) is 1.40. The van der Waals surface area contributed by atoms with Crippen LogP contribution in [0.4, 0.5) is 5.13 Å². The highest BCUT2D eigenvalue weighted by atomic mass is 32.1. The van der Waals surface area contributed by atoms with E-state index in [0.717, 1.165) is 30.0 Å². The minimum absolute atomic E-state index is 0.0375. The van der Waals surface area contributed by atoms with Crippen LogP contribution in [0.3, 0.4) is 0 Å². The number of hydrogen-bond acceptors (Lipinski definition) is 7. The maximum atomic E-state index is 5.73. The van der Waals surface area contributed by atoms with E-state index in [-0.39, 0.29) is 6.10 Å². The van der Waals surface area contributed by atoms with Crippen molar-refractivity contribution in [3.8, 4) is 16.6 Å². The van der Waals surface area contributed by atoms with Crippen molar-refractivity contribution in [3.63, 3.8) is 0 Å². The van der Waals surface area contributed by atoms with Crippen LogP contribution in [-0.2, 0) is 4.74 Å². The van der Waals surface area contributed by atoms with Crippen LogP contribution in [0.25, 0.3) is 10.6 Å². The molecule has 3 heterocycles. The van der Waals surface area contributed by atoms with Gasteiger partial charge >= 0.3 is 6.01 Å². The monoisotopic (exact) mass is 278 g/mol. The number of ether oxygens (including phenoxy) is 2. The number of thiazole rings is 1. The van der Waals surface area contributed by atoms with E-state index in [9.17, 15) is 0 Å². The van der Waals surface area contributed by atoms with Gasteiger partial charge in [0, 0.05) is 19.0 Å². The van der Waals surface area contributed by atoms with Crippen LogP contribution >= 0.6 is 11.3 Å². The predicted octanol–water partition coefficient (Wildman–Crippen LogP) is 1.74. The molecule has 0 unspecified atom stereocenters. The van der Waals surface area contributed by atoms with Crippen LogP contribution in [0.15, 0.2) is 18.5 Å². The summed E-state index contributed by atoms with van der Waals surface area (Å²) in [5, 5.41) is 0.525. The van der Waals surface area contributed by atoms with Gasteiger partial charge in [0.05, 0.1) is 17.2 Å². The maximum Gasteiger partial charge on any atom is 0.317 e. The third kappa shape index (κ3) is 2.99. The zero-order valence-corrected chi connectivity index (χ0v) is 11.1. The van der Waals surface area contributed by atoms with Crippen LogP contribution in [0.1, 0.15) is 12.8 Å². The van der Waals surface area contributed by atoms with Gasteiger partial charge in [-0.1, -0.05) is 11.3 Å². The summed E-state index contributed by atoms with van der Waals surface area (Å²) in [6.07, 6.45) is 5.40. The van der Waals surface area contributed by atoms with Crippen LogP contribution in [-0.4, -0.2) is 34.3 Å². The Morgan fingerprint density at radius 2 is 2.37 bits per heavy atom. The molecular weight excluding hydrogens is 264 g/mol. The lowest BCUT2D eigenvalue weighted by atomic mass is 10.2. The lowest BCUT2D eigenvalue weighted by Crippen LogP contribution is -2.28. The van der Waals surface area contributed by atoms with Crippen LogP contribution < -0.4 is 10.5 Å². The number of aromatic nitrogens is 3. The second-order valence-electron chi connectivity index (χ2n) is 4.24. The fourth-order valence-electron chi connectivity index (χ4n) is 1.89. The molecule has 0 aromatic carbocycles. The Labute approximate surface area is 114 Å². The van der Waals surface area contributed by atoms with Gasteiger partial charge in [0.25, 0.3) is 0 Å². The minimum atomic E-state index is 0.0375. The van der Waals surface area contributed by atoms with Crippen molar-refractivity contribution in [2.24, 2.45) is 0 Å². The fourth-order valence-corrected chi connectivity index (χ4v) is 2.55. The Hall–Kier alpha value is -1.73. The van der Waals surface area contributed by atoms with Gasteiger partial charge in [-0.3, -0.25) is 0 Å². The summed E-state index contributed by atoms with van der Waals surface area (Å²) in [5.74, 6) is 0. The van der Waals surface area contributed by atoms with E-state index in [0.29, 0.717) is 17.7 Å². The summed E-state index contributed by atoms with van der Waals surface area (Å²) in [6, 6.07) is 2.19. The van der Waals surface area contributed by atoms with Gasteiger partial charge in [0.2, 0.25) is 0 Å². The molecule has 0 saturated carbocycles. The summed E-state index contributed by atoms with van der Waals surface area (Å²) < 4.78 is 11.1. The smallest absolute Gasteiger partial charge is 0.317 e. The molecule has 2 aromatic rings. The first-order chi connectivity index (χ1) is 9.31. The van der Waals surface area contributed by atoms with Gasteiger partial charge in [-0.15, -0.1) is 0 Å². The summed E-state index contributed by atoms with van der Waals surface area (Å²) in [7, 11) is 0. The Bertz CT molecular complexity index is 554. The van der Waals surface area contributed by atoms with Crippen molar-refractivity contribution in [2.75, 3.05) is 18.9 Å². The minimum Gasteiger partial charge on any atom is -0.458 e. The third-order valence-electron chi connectivity index (χ3n) is 2.80. The van der Waals surface area contributed by atoms with E-state index in [1.165, 1.54) is 11.3 Å². The van der Waals surface area contributed by atoms with Gasteiger partial charge in [-0.2, -0.15) is 4.98 Å². The molecule has 0 radical (unpaired) electrons. The highest BCUT2D eigenvalue weighted by molar-refractivity contribution is 7.18. The Kier molecular flexibility index (Phi) is 3.56. The summed E-state index contributed by atoms with van der Waals surface area (Å²) in [5.41, 5.74) is 6.39. The fraction of sp³-hybridized carbons (Fsp3) is 0.417. The van der Waals surface area contributed by atoms with E-state index in [4.69, 9.17) is 15.2 Å². The number of hydrogen-bond donors (Lipinski definition) is 1. The van der Waals surface area contributed by atoms with Gasteiger partial charge in [0.15, 0.2) is 5.13 Å². The van der Waals surface area contributed by atoms with Crippen molar-refractivity contribution in [2.45, 2.75) is 18.9 Å². The van der Waals surface area contributed by atoms with Crippen molar-refractivity contribution >= 4 is 16.5 Å². The number of nitrogens with two attached hydrogens (primary N) is 1. The van der Waals surface area contributed by atoms with Gasteiger partial charge in [0.1, 0.15) is 6.10 Å². The van der Waals surface area contributed by atoms with E-state index < -0.39 is 0 Å². The van der Waals surface area contributed by atoms with Crippen LogP contribution in [0.5, 0.6) is 6.01 Å². The molecular formula is C12H14N4O2S. The zero-order chi connectivity index (χ0) is 13.1. The van der Waals surface area contributed by atoms with E-state index in [1.807, 2.05) is 6.07 Å². The van der Waals surface area contributed by atoms with Gasteiger partial charge in [-0.05, 0) is 18.9 Å². The molecule has 1 aliphatic heterocycles. The second-order valence-corrected chi connectivity index (χ2v) is 5.31. The molecule has 2 aromatic heterocycles. The number of nitrogen functional groups attached to an aromatic ring is 1. The molecule has 6 nitrogen and oxygen atoms in total. The number of nitrogens with zero attached hydrogens (tertiary/aromatic N) is 3. The number of anilines is 1. The van der Waals surface area contributed by atoms with Gasteiger partial charge in [-0.25, -0.2) is 9.97 Å². The normalized spacial score (nSPS) is 19.3. The molecule has 1 atom stereocenters. The topological polar surface area (TPSA) is 83.2 Å². The Morgan fingerprint density at radius 1 is 1.42 bits per heavy atom. The molecule has 0 bridgehead atoms. The summed E-state index contributed by atoms with van der Waals surface area (Å²) in [4.78, 5) is 13.4. The molecule has 19 heavy (non-hydrogen) atoms. The standard InChI is InChI=1S/C12H14N4O2S/c13-11-15-6-10(19-11)9-3-4-14-12(16-9)18-8-2-1-5-17-7-8/h3-4,6,8H,1-2,5,7H2,(H2,13,15)/t8-/m1/s1. The zero-order valence-electron chi connectivity index (χ0n) is 10.3. The van der Waals surface area contributed by atoms with Crippen molar-refractivity contribution in [1.29, 1.82) is 0 Å². The molecule has 1 saturated heterocycles. The average Bonchev–Trinajstić information content (AvgIpc) is 2.87. The molecule has 3 rings (SSSR count). The van der Waals surface area contributed by atoms with Crippen LogP contribution in [0.2, 0.25) is 0 Å². The largest absolute Gasteiger partial charge is 0.458 e. The lowest BCUT2D eigenvalue weighted by Gasteiger charge is -2.22. The molecule has 7 heteroatoms. The maximum absolute atomic E-state index is 5.73. The quantitative estimate of drug-likeness (QED) is 0.920. The first-order valence-electron chi connectivity index (χ1n) is 6.10. The van der Waals surface area contributed by atoms with E-state index >= 15 is 0 Å². The summed E-state index contributed by atoms with van der Waals surface area (Å²) >= 11 is 1.39. The van der Waals surface area contributed by atoms with Gasteiger partial charge < -0.3 is 15.2 Å². The average molecular weight is 278 g/mol. The molecule has 1 fully saturated rings.